The summed E-state index contributed by atoms with van der Waals surface area (Å²) in [6.45, 7) is 2.38. The maximum Gasteiger partial charge on any atom is 0.265 e. The van der Waals surface area contributed by atoms with Crippen molar-refractivity contribution < 1.29 is 13.6 Å². The zero-order chi connectivity index (χ0) is 18.5. The molecule has 0 fully saturated rings. The number of nitrogens with one attached hydrogen (secondary N) is 1. The maximum atomic E-state index is 12.8. The summed E-state index contributed by atoms with van der Waals surface area (Å²) in [4.78, 5) is 11.9. The van der Waals surface area contributed by atoms with E-state index >= 15 is 0 Å². The van der Waals surface area contributed by atoms with E-state index in [1.807, 2.05) is 13.0 Å². The van der Waals surface area contributed by atoms with E-state index in [4.69, 9.17) is 4.42 Å². The number of carbonyl (C=O) groups excluding carboxylic acids is 1. The third kappa shape index (κ3) is 4.53. The average Bonchev–Trinajstić information content (AvgIpc) is 3.20. The standard InChI is InChI=1S/C18H20FN5O2/c1-12-11-15(24(2)23-12)18-22-21-17(26-18)8-7-16(25)20-10-9-13-3-5-14(19)6-4-13/h3-6,11H,7-10H2,1-2H3,(H,20,25). The number of hydrogen-bond donors (Lipinski definition) is 1. The second-order valence-electron chi connectivity index (χ2n) is 6.02. The van der Waals surface area contributed by atoms with Crippen LogP contribution in [0.3, 0.4) is 0 Å². The molecule has 2 heterocycles. The van der Waals surface area contributed by atoms with E-state index in [0.29, 0.717) is 31.2 Å². The van der Waals surface area contributed by atoms with Gasteiger partial charge < -0.3 is 9.73 Å². The van der Waals surface area contributed by atoms with Crippen LogP contribution < -0.4 is 5.32 Å². The number of amides is 1. The van der Waals surface area contributed by atoms with Crippen molar-refractivity contribution in [1.82, 2.24) is 25.3 Å². The van der Waals surface area contributed by atoms with Gasteiger partial charge in [0.2, 0.25) is 11.8 Å². The van der Waals surface area contributed by atoms with E-state index in [2.05, 4.69) is 20.6 Å². The summed E-state index contributed by atoms with van der Waals surface area (Å²) in [7, 11) is 1.81. The number of nitrogens with zero attached hydrogens (tertiary/aromatic N) is 4. The molecule has 7 nitrogen and oxygen atoms in total. The highest BCUT2D eigenvalue weighted by Crippen LogP contribution is 2.18. The van der Waals surface area contributed by atoms with Gasteiger partial charge in [-0.05, 0) is 37.1 Å². The van der Waals surface area contributed by atoms with Crippen LogP contribution in [0.1, 0.15) is 23.6 Å². The minimum Gasteiger partial charge on any atom is -0.419 e. The smallest absolute Gasteiger partial charge is 0.265 e. The minimum atomic E-state index is -0.266. The predicted molar refractivity (Wildman–Crippen MR) is 92.7 cm³/mol. The van der Waals surface area contributed by atoms with Gasteiger partial charge in [0.25, 0.3) is 5.89 Å². The molecule has 0 radical (unpaired) electrons. The van der Waals surface area contributed by atoms with Crippen LogP contribution in [0.15, 0.2) is 34.7 Å². The molecule has 3 aromatic rings. The second kappa shape index (κ2) is 7.90. The quantitative estimate of drug-likeness (QED) is 0.701. The molecule has 0 bridgehead atoms. The molecule has 26 heavy (non-hydrogen) atoms. The molecule has 0 atom stereocenters. The fourth-order valence-corrected chi connectivity index (χ4v) is 2.58. The van der Waals surface area contributed by atoms with Crippen LogP contribution in [0.4, 0.5) is 4.39 Å². The topological polar surface area (TPSA) is 85.8 Å². The molecular formula is C18H20FN5O2. The van der Waals surface area contributed by atoms with Crippen LogP contribution in [0.25, 0.3) is 11.6 Å². The van der Waals surface area contributed by atoms with Gasteiger partial charge in [-0.15, -0.1) is 10.2 Å². The van der Waals surface area contributed by atoms with Gasteiger partial charge in [0.15, 0.2) is 0 Å². The van der Waals surface area contributed by atoms with Crippen LogP contribution >= 0.6 is 0 Å². The van der Waals surface area contributed by atoms with Gasteiger partial charge in [-0.1, -0.05) is 12.1 Å². The second-order valence-corrected chi connectivity index (χ2v) is 6.02. The number of carbonyl (C=O) groups is 1. The van der Waals surface area contributed by atoms with Crippen molar-refractivity contribution >= 4 is 5.91 Å². The Morgan fingerprint density at radius 2 is 2.00 bits per heavy atom. The van der Waals surface area contributed by atoms with Crippen molar-refractivity contribution in [2.75, 3.05) is 6.54 Å². The zero-order valence-corrected chi connectivity index (χ0v) is 14.7. The van der Waals surface area contributed by atoms with Crippen molar-refractivity contribution in [3.05, 3.63) is 53.3 Å². The number of halogens is 1. The average molecular weight is 357 g/mol. The van der Waals surface area contributed by atoms with Gasteiger partial charge in [0.1, 0.15) is 11.5 Å². The van der Waals surface area contributed by atoms with E-state index < -0.39 is 0 Å². The normalized spacial score (nSPS) is 10.9. The first kappa shape index (κ1) is 17.8. The molecular weight excluding hydrogens is 337 g/mol. The van der Waals surface area contributed by atoms with Gasteiger partial charge in [0, 0.05) is 26.4 Å². The monoisotopic (exact) mass is 357 g/mol. The van der Waals surface area contributed by atoms with E-state index in [-0.39, 0.29) is 18.1 Å². The summed E-state index contributed by atoms with van der Waals surface area (Å²) >= 11 is 0. The Morgan fingerprint density at radius 1 is 1.23 bits per heavy atom. The number of aromatic nitrogens is 4. The van der Waals surface area contributed by atoms with Crippen LogP contribution in [0.2, 0.25) is 0 Å². The molecule has 0 aliphatic heterocycles. The largest absolute Gasteiger partial charge is 0.419 e. The third-order valence-electron chi connectivity index (χ3n) is 3.90. The highest BCUT2D eigenvalue weighted by Gasteiger charge is 2.14. The Morgan fingerprint density at radius 3 is 2.69 bits per heavy atom. The summed E-state index contributed by atoms with van der Waals surface area (Å²) in [5.74, 6) is 0.439. The molecule has 136 valence electrons. The number of rotatable bonds is 7. The van der Waals surface area contributed by atoms with Crippen molar-refractivity contribution in [3.63, 3.8) is 0 Å². The summed E-state index contributed by atoms with van der Waals surface area (Å²) in [6, 6.07) is 8.10. The Balaban J connectivity index is 1.44. The Hall–Kier alpha value is -3.03. The molecule has 2 aromatic heterocycles. The summed E-state index contributed by atoms with van der Waals surface area (Å²) < 4.78 is 20.1. The molecule has 0 aliphatic rings. The van der Waals surface area contributed by atoms with Gasteiger partial charge in [0.05, 0.1) is 5.69 Å². The van der Waals surface area contributed by atoms with E-state index in [1.165, 1.54) is 12.1 Å². The lowest BCUT2D eigenvalue weighted by Crippen LogP contribution is -2.25. The molecule has 0 saturated heterocycles. The highest BCUT2D eigenvalue weighted by atomic mass is 19.1. The SMILES string of the molecule is Cc1cc(-c2nnc(CCC(=O)NCCc3ccc(F)cc3)o2)n(C)n1. The fourth-order valence-electron chi connectivity index (χ4n) is 2.58. The van der Waals surface area contributed by atoms with E-state index in [1.54, 1.807) is 23.9 Å². The molecule has 1 aromatic carbocycles. The van der Waals surface area contributed by atoms with Crippen LogP contribution in [-0.2, 0) is 24.7 Å². The lowest BCUT2D eigenvalue weighted by molar-refractivity contribution is -0.121. The third-order valence-corrected chi connectivity index (χ3v) is 3.90. The summed E-state index contributed by atoms with van der Waals surface area (Å²) in [5.41, 5.74) is 2.58. The van der Waals surface area contributed by atoms with E-state index in [9.17, 15) is 9.18 Å². The molecule has 8 heteroatoms. The molecule has 3 rings (SSSR count). The number of benzene rings is 1. The highest BCUT2D eigenvalue weighted by molar-refractivity contribution is 5.76. The predicted octanol–water partition coefficient (Wildman–Crippen LogP) is 2.21. The maximum absolute atomic E-state index is 12.8. The van der Waals surface area contributed by atoms with Gasteiger partial charge in [-0.3, -0.25) is 9.48 Å². The summed E-state index contributed by atoms with van der Waals surface area (Å²) in [6.07, 6.45) is 1.28. The van der Waals surface area contributed by atoms with Gasteiger partial charge in [-0.25, -0.2) is 4.39 Å². The van der Waals surface area contributed by atoms with Crippen molar-refractivity contribution in [2.24, 2.45) is 7.05 Å². The van der Waals surface area contributed by atoms with Gasteiger partial charge in [-0.2, -0.15) is 5.10 Å². The zero-order valence-electron chi connectivity index (χ0n) is 14.7. The first-order valence-corrected chi connectivity index (χ1v) is 8.36. The molecule has 1 amide bonds. The van der Waals surface area contributed by atoms with Crippen molar-refractivity contribution in [2.45, 2.75) is 26.2 Å². The molecule has 0 spiro atoms. The minimum absolute atomic E-state index is 0.0942. The van der Waals surface area contributed by atoms with E-state index in [0.717, 1.165) is 17.0 Å². The van der Waals surface area contributed by atoms with Gasteiger partial charge >= 0.3 is 0 Å². The molecule has 0 unspecified atom stereocenters. The Labute approximate surface area is 150 Å². The molecule has 0 aliphatic carbocycles. The van der Waals surface area contributed by atoms with Crippen LogP contribution in [0.5, 0.6) is 0 Å². The van der Waals surface area contributed by atoms with Crippen LogP contribution in [0, 0.1) is 12.7 Å². The molecule has 1 N–H and O–H groups in total. The number of hydrogen-bond acceptors (Lipinski definition) is 5. The number of aryl methyl sites for hydroxylation is 3. The Bertz CT molecular complexity index is 885. The van der Waals surface area contributed by atoms with Crippen LogP contribution in [-0.4, -0.2) is 32.4 Å². The molecule has 0 saturated carbocycles. The first-order valence-electron chi connectivity index (χ1n) is 8.36. The lowest BCUT2D eigenvalue weighted by atomic mass is 10.1. The fraction of sp³-hybridized carbons (Fsp3) is 0.333. The summed E-state index contributed by atoms with van der Waals surface area (Å²) in [5, 5.41) is 15.1. The Kier molecular flexibility index (Phi) is 5.40. The van der Waals surface area contributed by atoms with Crippen molar-refractivity contribution in [1.29, 1.82) is 0 Å². The van der Waals surface area contributed by atoms with Crippen molar-refractivity contribution in [3.8, 4) is 11.6 Å². The first-order chi connectivity index (χ1) is 12.5. The lowest BCUT2D eigenvalue weighted by Gasteiger charge is -2.04.